The number of carbonyl (C=O) groups is 2. The van der Waals surface area contributed by atoms with Crippen molar-refractivity contribution in [1.29, 1.82) is 0 Å². The minimum atomic E-state index is -0.453. The van der Waals surface area contributed by atoms with Gasteiger partial charge in [0.15, 0.2) is 11.5 Å². The first-order valence-electron chi connectivity index (χ1n) is 7.76. The largest absolute Gasteiger partial charge is 0.457 e. The topological polar surface area (TPSA) is 73.9 Å². The van der Waals surface area contributed by atoms with Gasteiger partial charge in [-0.25, -0.2) is 4.79 Å². The minimum absolute atomic E-state index is 0.0109. The van der Waals surface area contributed by atoms with Gasteiger partial charge in [0.05, 0.1) is 10.0 Å². The Morgan fingerprint density at radius 1 is 1.28 bits per heavy atom. The van der Waals surface area contributed by atoms with Gasteiger partial charge in [-0.3, -0.25) is 4.79 Å². The van der Waals surface area contributed by atoms with Gasteiger partial charge in [-0.1, -0.05) is 11.6 Å². The highest BCUT2D eigenvalue weighted by atomic mass is 35.5. The van der Waals surface area contributed by atoms with Gasteiger partial charge in [0.25, 0.3) is 0 Å². The second kappa shape index (κ2) is 6.57. The first-order valence-corrected chi connectivity index (χ1v) is 8.95. The smallest absolute Gasteiger partial charge is 0.348 e. The highest BCUT2D eigenvalue weighted by Gasteiger charge is 2.30. The minimum Gasteiger partial charge on any atom is -0.457 e. The maximum Gasteiger partial charge on any atom is 0.348 e. The van der Waals surface area contributed by atoms with Gasteiger partial charge in [-0.05, 0) is 42.7 Å². The van der Waals surface area contributed by atoms with Crippen LogP contribution < -0.4 is 14.8 Å². The van der Waals surface area contributed by atoms with Gasteiger partial charge in [-0.2, -0.15) is 0 Å². The van der Waals surface area contributed by atoms with Crippen molar-refractivity contribution in [2.45, 2.75) is 19.4 Å². The Hall–Kier alpha value is -2.25. The van der Waals surface area contributed by atoms with Crippen LogP contribution in [0.1, 0.15) is 28.1 Å². The second-order valence-corrected chi connectivity index (χ2v) is 7.31. The van der Waals surface area contributed by atoms with Crippen LogP contribution in [0.5, 0.6) is 11.5 Å². The third-order valence-electron chi connectivity index (χ3n) is 3.86. The molecule has 1 aromatic carbocycles. The quantitative estimate of drug-likeness (QED) is 0.799. The molecule has 8 heteroatoms. The van der Waals surface area contributed by atoms with Gasteiger partial charge in [0.2, 0.25) is 12.7 Å². The van der Waals surface area contributed by atoms with E-state index in [-0.39, 0.29) is 25.2 Å². The van der Waals surface area contributed by atoms with Crippen LogP contribution in [0, 0.1) is 5.92 Å². The Labute approximate surface area is 152 Å². The zero-order chi connectivity index (χ0) is 17.4. The number of anilines is 1. The second-order valence-electron chi connectivity index (χ2n) is 5.81. The van der Waals surface area contributed by atoms with E-state index in [9.17, 15) is 9.59 Å². The number of hydrogen-bond donors (Lipinski definition) is 1. The molecule has 1 aliphatic carbocycles. The number of halogens is 1. The summed E-state index contributed by atoms with van der Waals surface area (Å²) in [6, 6.07) is 6.76. The summed E-state index contributed by atoms with van der Waals surface area (Å²) in [7, 11) is 0. The van der Waals surface area contributed by atoms with Gasteiger partial charge >= 0.3 is 5.97 Å². The fourth-order valence-corrected chi connectivity index (χ4v) is 3.50. The molecule has 25 heavy (non-hydrogen) atoms. The molecule has 1 aliphatic heterocycles. The van der Waals surface area contributed by atoms with Crippen molar-refractivity contribution in [2.24, 2.45) is 5.92 Å². The first-order chi connectivity index (χ1) is 12.1. The molecule has 4 rings (SSSR count). The van der Waals surface area contributed by atoms with Crippen LogP contribution >= 0.6 is 22.9 Å². The van der Waals surface area contributed by atoms with Crippen LogP contribution in [0.25, 0.3) is 0 Å². The predicted octanol–water partition coefficient (Wildman–Crippen LogP) is 3.84. The maximum absolute atomic E-state index is 12.2. The number of amides is 1. The van der Waals surface area contributed by atoms with Crippen molar-refractivity contribution in [3.8, 4) is 11.5 Å². The molecule has 0 radical (unpaired) electrons. The molecule has 1 saturated carbocycles. The molecule has 1 fully saturated rings. The Kier molecular flexibility index (Phi) is 4.27. The lowest BCUT2D eigenvalue weighted by atomic mass is 10.2. The molecule has 0 saturated heterocycles. The van der Waals surface area contributed by atoms with Gasteiger partial charge in [-0.15, -0.1) is 11.3 Å². The summed E-state index contributed by atoms with van der Waals surface area (Å²) < 4.78 is 15.8. The van der Waals surface area contributed by atoms with E-state index in [1.807, 2.05) is 0 Å². The van der Waals surface area contributed by atoms with Crippen LogP contribution in [0.15, 0.2) is 24.3 Å². The SMILES string of the molecule is O=C(OCc1cc(Cl)c2c(c1)OCO2)c1ccc(NC(=O)C2CC2)s1. The Bertz CT molecular complexity index is 846. The van der Waals surface area contributed by atoms with E-state index in [0.29, 0.717) is 32.0 Å². The highest BCUT2D eigenvalue weighted by Crippen LogP contribution is 2.40. The van der Waals surface area contributed by atoms with E-state index in [4.69, 9.17) is 25.8 Å². The van der Waals surface area contributed by atoms with E-state index in [2.05, 4.69) is 5.32 Å². The Morgan fingerprint density at radius 3 is 2.92 bits per heavy atom. The summed E-state index contributed by atoms with van der Waals surface area (Å²) >= 11 is 7.30. The van der Waals surface area contributed by atoms with Gasteiger partial charge in [0.1, 0.15) is 11.5 Å². The molecule has 2 aromatic rings. The number of carbonyl (C=O) groups excluding carboxylic acids is 2. The van der Waals surface area contributed by atoms with Crippen LogP contribution in [-0.2, 0) is 16.1 Å². The molecule has 0 bridgehead atoms. The Balaban J connectivity index is 1.37. The number of rotatable bonds is 5. The molecule has 0 unspecified atom stereocenters. The van der Waals surface area contributed by atoms with Crippen LogP contribution in [0.2, 0.25) is 5.02 Å². The fraction of sp³-hybridized carbons (Fsp3) is 0.294. The molecule has 0 spiro atoms. The summed E-state index contributed by atoms with van der Waals surface area (Å²) in [6.45, 7) is 0.194. The number of esters is 1. The zero-order valence-electron chi connectivity index (χ0n) is 13.0. The van der Waals surface area contributed by atoms with Crippen molar-refractivity contribution in [3.05, 3.63) is 39.7 Å². The number of fused-ring (bicyclic) bond motifs is 1. The number of nitrogens with one attached hydrogen (secondary N) is 1. The van der Waals surface area contributed by atoms with E-state index >= 15 is 0 Å². The van der Waals surface area contributed by atoms with Crippen LogP contribution in [0.4, 0.5) is 5.00 Å². The van der Waals surface area contributed by atoms with Crippen molar-refractivity contribution >= 4 is 39.8 Å². The van der Waals surface area contributed by atoms with Crippen molar-refractivity contribution in [3.63, 3.8) is 0 Å². The van der Waals surface area contributed by atoms with Crippen LogP contribution in [0.3, 0.4) is 0 Å². The maximum atomic E-state index is 12.2. The lowest BCUT2D eigenvalue weighted by Crippen LogP contribution is -2.12. The molecule has 130 valence electrons. The van der Waals surface area contributed by atoms with Crippen molar-refractivity contribution in [1.82, 2.24) is 0 Å². The number of ether oxygens (including phenoxy) is 3. The van der Waals surface area contributed by atoms with Gasteiger partial charge in [0, 0.05) is 5.92 Å². The summed E-state index contributed by atoms with van der Waals surface area (Å²) in [6.07, 6.45) is 1.87. The number of hydrogen-bond acceptors (Lipinski definition) is 6. The lowest BCUT2D eigenvalue weighted by molar-refractivity contribution is -0.117. The molecular weight excluding hydrogens is 366 g/mol. The monoisotopic (exact) mass is 379 g/mol. The summed E-state index contributed by atoms with van der Waals surface area (Å²) in [5.41, 5.74) is 0.710. The summed E-state index contributed by atoms with van der Waals surface area (Å²) in [5, 5.41) is 3.88. The zero-order valence-corrected chi connectivity index (χ0v) is 14.6. The van der Waals surface area contributed by atoms with Crippen LogP contribution in [-0.4, -0.2) is 18.7 Å². The van der Waals surface area contributed by atoms with Crippen molar-refractivity contribution < 1.29 is 23.8 Å². The fourth-order valence-electron chi connectivity index (χ4n) is 2.41. The Morgan fingerprint density at radius 2 is 2.12 bits per heavy atom. The van der Waals surface area contributed by atoms with Crippen molar-refractivity contribution in [2.75, 3.05) is 12.1 Å². The molecule has 1 N–H and O–H groups in total. The normalized spacial score (nSPS) is 15.1. The van der Waals surface area contributed by atoms with E-state index < -0.39 is 5.97 Å². The average Bonchev–Trinajstić information content (AvgIpc) is 3.16. The summed E-state index contributed by atoms with van der Waals surface area (Å²) in [5.74, 6) is 0.724. The molecule has 1 aromatic heterocycles. The molecular formula is C17H14ClNO5S. The van der Waals surface area contributed by atoms with Gasteiger partial charge < -0.3 is 19.5 Å². The van der Waals surface area contributed by atoms with E-state index in [1.54, 1.807) is 24.3 Å². The standard InChI is InChI=1S/C17H14ClNO5S/c18-11-5-9(6-12-15(11)24-8-23-12)7-22-17(21)13-3-4-14(25-13)19-16(20)10-1-2-10/h3-6,10H,1-2,7-8H2,(H,19,20). The number of benzene rings is 1. The molecule has 2 aliphatic rings. The average molecular weight is 380 g/mol. The van der Waals surface area contributed by atoms with E-state index in [1.165, 1.54) is 11.3 Å². The predicted molar refractivity (Wildman–Crippen MR) is 92.4 cm³/mol. The molecule has 1 amide bonds. The first kappa shape index (κ1) is 16.2. The summed E-state index contributed by atoms with van der Waals surface area (Å²) in [4.78, 5) is 24.3. The molecule has 0 atom stereocenters. The third kappa shape index (κ3) is 3.57. The lowest BCUT2D eigenvalue weighted by Gasteiger charge is -2.06. The molecule has 6 nitrogen and oxygen atoms in total. The van der Waals surface area contributed by atoms with E-state index in [0.717, 1.165) is 12.8 Å². The number of thiophene rings is 1. The highest BCUT2D eigenvalue weighted by molar-refractivity contribution is 7.18. The molecule has 2 heterocycles. The third-order valence-corrected chi connectivity index (χ3v) is 5.12.